The van der Waals surface area contributed by atoms with Crippen molar-refractivity contribution in [3.63, 3.8) is 0 Å². The van der Waals surface area contributed by atoms with E-state index >= 15 is 0 Å². The van der Waals surface area contributed by atoms with E-state index in [4.69, 9.17) is 20.8 Å². The highest BCUT2D eigenvalue weighted by Crippen LogP contribution is 2.37. The van der Waals surface area contributed by atoms with E-state index < -0.39 is 0 Å². The average molecular weight is 354 g/mol. The fourth-order valence-corrected chi connectivity index (χ4v) is 4.00. The summed E-state index contributed by atoms with van der Waals surface area (Å²) in [5, 5.41) is 1.75. The topological polar surface area (TPSA) is 42.7 Å². The maximum absolute atomic E-state index is 12.4. The predicted molar refractivity (Wildman–Crippen MR) is 97.6 cm³/mol. The summed E-state index contributed by atoms with van der Waals surface area (Å²) in [6.07, 6.45) is 2.78. The quantitative estimate of drug-likeness (QED) is 0.612. The lowest BCUT2D eigenvalue weighted by Gasteiger charge is -2.31. The van der Waals surface area contributed by atoms with Crippen molar-refractivity contribution in [3.05, 3.63) is 68.5 Å². The number of hydrogen-bond acceptors (Lipinski definition) is 4. The molecule has 5 heteroatoms. The van der Waals surface area contributed by atoms with Crippen LogP contribution in [0, 0.1) is 0 Å². The fraction of sp³-hybridized carbons (Fsp3) is 0.250. The molecule has 0 spiro atoms. The van der Waals surface area contributed by atoms with Crippen molar-refractivity contribution in [2.75, 3.05) is 11.6 Å². The lowest BCUT2D eigenvalue weighted by atomic mass is 10.0. The molecule has 0 saturated heterocycles. The Morgan fingerprint density at radius 2 is 1.76 bits per heavy atom. The monoisotopic (exact) mass is 353 g/mol. The summed E-state index contributed by atoms with van der Waals surface area (Å²) in [7, 11) is 0. The highest BCUT2D eigenvalue weighted by atomic mass is 35.5. The van der Waals surface area contributed by atoms with Crippen LogP contribution in [0.25, 0.3) is 11.0 Å². The lowest BCUT2D eigenvalue weighted by molar-refractivity contribution is 0.289. The predicted octanol–water partition coefficient (Wildman–Crippen LogP) is 4.29. The van der Waals surface area contributed by atoms with Crippen molar-refractivity contribution in [1.82, 2.24) is 0 Å². The van der Waals surface area contributed by atoms with E-state index in [1.165, 1.54) is 0 Å². The molecule has 1 aromatic heterocycles. The average Bonchev–Trinajstić information content (AvgIpc) is 3.13. The summed E-state index contributed by atoms with van der Waals surface area (Å²) >= 11 is 5.98. The van der Waals surface area contributed by atoms with Crippen LogP contribution >= 0.6 is 11.6 Å². The second-order valence-electron chi connectivity index (χ2n) is 6.57. The lowest BCUT2D eigenvalue weighted by Crippen LogP contribution is -2.32. The Hall–Kier alpha value is -2.46. The molecule has 0 amide bonds. The van der Waals surface area contributed by atoms with Crippen LogP contribution < -0.4 is 15.3 Å². The molecule has 0 atom stereocenters. The van der Waals surface area contributed by atoms with E-state index in [1.807, 2.05) is 36.4 Å². The van der Waals surface area contributed by atoms with Gasteiger partial charge < -0.3 is 14.1 Å². The molecule has 2 aliphatic rings. The van der Waals surface area contributed by atoms with Crippen LogP contribution in [0.4, 0.5) is 5.69 Å². The van der Waals surface area contributed by atoms with Gasteiger partial charge in [0.25, 0.3) is 0 Å². The van der Waals surface area contributed by atoms with Crippen molar-refractivity contribution in [1.29, 1.82) is 0 Å². The molecule has 1 aliphatic heterocycles. The molecule has 5 rings (SSSR count). The van der Waals surface area contributed by atoms with Crippen LogP contribution in [0.3, 0.4) is 0 Å². The van der Waals surface area contributed by atoms with E-state index in [-0.39, 0.29) is 5.63 Å². The fourth-order valence-electron chi connectivity index (χ4n) is 3.87. The Kier molecular flexibility index (Phi) is 3.28. The van der Waals surface area contributed by atoms with Gasteiger partial charge in [-0.15, -0.1) is 0 Å². The Bertz CT molecular complexity index is 1040. The summed E-state index contributed by atoms with van der Waals surface area (Å²) < 4.78 is 11.6. The zero-order valence-electron chi connectivity index (χ0n) is 13.5. The zero-order valence-corrected chi connectivity index (χ0v) is 14.3. The summed E-state index contributed by atoms with van der Waals surface area (Å²) in [6.45, 7) is 1.09. The largest absolute Gasteiger partial charge is 0.473 e. The number of ether oxygens (including phenoxy) is 1. The Labute approximate surface area is 149 Å². The number of nitrogens with zero attached hydrogens (tertiary/aromatic N) is 1. The van der Waals surface area contributed by atoms with Crippen LogP contribution in [0.2, 0.25) is 5.02 Å². The van der Waals surface area contributed by atoms with Gasteiger partial charge in [0.1, 0.15) is 11.3 Å². The van der Waals surface area contributed by atoms with Crippen molar-refractivity contribution in [3.8, 4) is 5.75 Å². The SMILES string of the molecule is O=c1oc2c3c(ccc2c2c1CCC2)OCN(c1ccc(Cl)cc1)C3. The minimum atomic E-state index is -0.197. The van der Waals surface area contributed by atoms with Crippen LogP contribution in [-0.2, 0) is 19.4 Å². The highest BCUT2D eigenvalue weighted by molar-refractivity contribution is 6.30. The number of aryl methyl sites for hydroxylation is 1. The molecule has 0 saturated carbocycles. The Balaban J connectivity index is 1.65. The van der Waals surface area contributed by atoms with E-state index in [1.54, 1.807) is 0 Å². The molecule has 4 nitrogen and oxygen atoms in total. The van der Waals surface area contributed by atoms with Crippen LogP contribution in [-0.4, -0.2) is 6.73 Å². The number of fused-ring (bicyclic) bond motifs is 5. The molecule has 0 N–H and O–H groups in total. The van der Waals surface area contributed by atoms with Crippen molar-refractivity contribution in [2.24, 2.45) is 0 Å². The minimum absolute atomic E-state index is 0.197. The van der Waals surface area contributed by atoms with Gasteiger partial charge in [-0.25, -0.2) is 4.79 Å². The molecule has 25 heavy (non-hydrogen) atoms. The number of hydrogen-bond donors (Lipinski definition) is 0. The molecule has 0 radical (unpaired) electrons. The molecular formula is C20H16ClNO3. The maximum Gasteiger partial charge on any atom is 0.339 e. The highest BCUT2D eigenvalue weighted by Gasteiger charge is 2.26. The third-order valence-corrected chi connectivity index (χ3v) is 5.37. The van der Waals surface area contributed by atoms with Gasteiger partial charge in [-0.05, 0) is 61.2 Å². The van der Waals surface area contributed by atoms with Gasteiger partial charge in [-0.2, -0.15) is 0 Å². The third kappa shape index (κ3) is 2.32. The first-order valence-corrected chi connectivity index (χ1v) is 8.82. The first kappa shape index (κ1) is 14.8. The molecule has 0 unspecified atom stereocenters. The van der Waals surface area contributed by atoms with Crippen LogP contribution in [0.5, 0.6) is 5.75 Å². The second-order valence-corrected chi connectivity index (χ2v) is 7.00. The molecule has 3 aromatic rings. The molecular weight excluding hydrogens is 338 g/mol. The molecule has 2 aromatic carbocycles. The zero-order chi connectivity index (χ0) is 17.0. The van der Waals surface area contributed by atoms with Gasteiger partial charge >= 0.3 is 5.63 Å². The van der Waals surface area contributed by atoms with Gasteiger partial charge in [0, 0.05) is 21.7 Å². The normalized spacial score (nSPS) is 15.8. The van der Waals surface area contributed by atoms with E-state index in [9.17, 15) is 4.79 Å². The van der Waals surface area contributed by atoms with Gasteiger partial charge in [-0.1, -0.05) is 11.6 Å². The first-order chi connectivity index (χ1) is 12.2. The number of anilines is 1. The van der Waals surface area contributed by atoms with Gasteiger partial charge in [0.05, 0.1) is 12.1 Å². The molecule has 0 bridgehead atoms. The number of halogens is 1. The minimum Gasteiger partial charge on any atom is -0.473 e. The number of rotatable bonds is 1. The van der Waals surface area contributed by atoms with E-state index in [2.05, 4.69) is 4.90 Å². The smallest absolute Gasteiger partial charge is 0.339 e. The molecule has 0 fully saturated rings. The van der Waals surface area contributed by atoms with E-state index in [0.29, 0.717) is 23.9 Å². The summed E-state index contributed by atoms with van der Waals surface area (Å²) in [4.78, 5) is 14.5. The van der Waals surface area contributed by atoms with Crippen molar-refractivity contribution in [2.45, 2.75) is 25.8 Å². The summed E-state index contributed by atoms with van der Waals surface area (Å²) in [5.74, 6) is 0.791. The standard InChI is InChI=1S/C20H16ClNO3/c21-12-4-6-13(7-5-12)22-10-17-18(24-11-22)9-8-15-14-2-1-3-16(14)20(23)25-19(15)17/h4-9H,1-3,10-11H2. The maximum atomic E-state index is 12.4. The van der Waals surface area contributed by atoms with Crippen LogP contribution in [0.15, 0.2) is 45.6 Å². The summed E-state index contributed by atoms with van der Waals surface area (Å²) in [5.41, 5.74) is 4.43. The van der Waals surface area contributed by atoms with Gasteiger partial charge in [-0.3, -0.25) is 0 Å². The van der Waals surface area contributed by atoms with E-state index in [0.717, 1.165) is 52.8 Å². The Morgan fingerprint density at radius 1 is 0.960 bits per heavy atom. The molecule has 2 heterocycles. The van der Waals surface area contributed by atoms with Crippen molar-refractivity contribution >= 4 is 28.3 Å². The Morgan fingerprint density at radius 3 is 2.60 bits per heavy atom. The van der Waals surface area contributed by atoms with Gasteiger partial charge in [0.2, 0.25) is 0 Å². The first-order valence-electron chi connectivity index (χ1n) is 8.44. The second kappa shape index (κ2) is 5.53. The van der Waals surface area contributed by atoms with Gasteiger partial charge in [0.15, 0.2) is 6.73 Å². The number of benzene rings is 2. The van der Waals surface area contributed by atoms with Crippen molar-refractivity contribution < 1.29 is 9.15 Å². The molecule has 1 aliphatic carbocycles. The van der Waals surface area contributed by atoms with Crippen LogP contribution in [0.1, 0.15) is 23.1 Å². The summed E-state index contributed by atoms with van der Waals surface area (Å²) in [6, 6.07) is 11.7. The molecule has 126 valence electrons. The third-order valence-electron chi connectivity index (χ3n) is 5.12.